The molecule has 1 aliphatic heterocycles. The molecule has 1 atom stereocenters. The average molecular weight is 297 g/mol. The van der Waals surface area contributed by atoms with Crippen molar-refractivity contribution < 1.29 is 18.7 Å². The molecule has 1 N–H and O–H groups in total. The Morgan fingerprint density at radius 1 is 1.24 bits per heavy atom. The molecule has 1 fully saturated rings. The number of nitrogens with zero attached hydrogens (tertiary/aromatic N) is 1. The lowest BCUT2D eigenvalue weighted by atomic mass is 9.89. The Morgan fingerprint density at radius 2 is 1.95 bits per heavy atom. The predicted molar refractivity (Wildman–Crippen MR) is 77.7 cm³/mol. The summed E-state index contributed by atoms with van der Waals surface area (Å²) in [6.45, 7) is 5.71. The molecule has 1 heterocycles. The van der Waals surface area contributed by atoms with E-state index in [1.54, 1.807) is 0 Å². The van der Waals surface area contributed by atoms with Gasteiger partial charge in [-0.15, -0.1) is 0 Å². The van der Waals surface area contributed by atoms with Gasteiger partial charge in [0, 0.05) is 13.1 Å². The van der Waals surface area contributed by atoms with Gasteiger partial charge in [-0.1, -0.05) is 13.8 Å². The SMILES string of the molecule is CC(C)C1CCCN(c2ccc(C(=O)O)c(F)c2F)CC1. The maximum atomic E-state index is 14.1. The van der Waals surface area contributed by atoms with Crippen LogP contribution in [0.1, 0.15) is 43.5 Å². The van der Waals surface area contributed by atoms with Gasteiger partial charge in [0.15, 0.2) is 11.6 Å². The molecule has 0 radical (unpaired) electrons. The summed E-state index contributed by atoms with van der Waals surface area (Å²) in [5.74, 6) is -2.60. The molecule has 0 saturated carbocycles. The molecule has 1 unspecified atom stereocenters. The van der Waals surface area contributed by atoms with Crippen LogP contribution >= 0.6 is 0 Å². The Balaban J connectivity index is 2.22. The van der Waals surface area contributed by atoms with E-state index in [-0.39, 0.29) is 5.69 Å². The highest BCUT2D eigenvalue weighted by molar-refractivity contribution is 5.88. The number of carbonyl (C=O) groups is 1. The lowest BCUT2D eigenvalue weighted by Crippen LogP contribution is -2.26. The van der Waals surface area contributed by atoms with Gasteiger partial charge in [0.1, 0.15) is 0 Å². The van der Waals surface area contributed by atoms with Crippen LogP contribution in [0.5, 0.6) is 0 Å². The smallest absolute Gasteiger partial charge is 0.338 e. The molecule has 1 aliphatic rings. The largest absolute Gasteiger partial charge is 0.478 e. The van der Waals surface area contributed by atoms with Gasteiger partial charge in [0.05, 0.1) is 11.3 Å². The highest BCUT2D eigenvalue weighted by Gasteiger charge is 2.24. The van der Waals surface area contributed by atoms with Crippen molar-refractivity contribution in [3.05, 3.63) is 29.3 Å². The third kappa shape index (κ3) is 3.34. The summed E-state index contributed by atoms with van der Waals surface area (Å²) in [5, 5.41) is 8.81. The Kier molecular flexibility index (Phi) is 4.80. The summed E-state index contributed by atoms with van der Waals surface area (Å²) in [7, 11) is 0. The normalized spacial score (nSPS) is 19.7. The van der Waals surface area contributed by atoms with Gasteiger partial charge in [0.2, 0.25) is 0 Å². The van der Waals surface area contributed by atoms with Crippen LogP contribution in [0, 0.1) is 23.5 Å². The number of aromatic carboxylic acids is 1. The molecule has 1 aromatic rings. The second kappa shape index (κ2) is 6.41. The van der Waals surface area contributed by atoms with Crippen molar-refractivity contribution in [3.63, 3.8) is 0 Å². The zero-order valence-corrected chi connectivity index (χ0v) is 12.4. The van der Waals surface area contributed by atoms with E-state index in [4.69, 9.17) is 5.11 Å². The summed E-state index contributed by atoms with van der Waals surface area (Å²) in [6.07, 6.45) is 2.97. The first-order chi connectivity index (χ1) is 9.91. The van der Waals surface area contributed by atoms with Crippen LogP contribution in [0.15, 0.2) is 12.1 Å². The first kappa shape index (κ1) is 15.7. The summed E-state index contributed by atoms with van der Waals surface area (Å²) < 4.78 is 27.9. The Labute approximate surface area is 123 Å². The lowest BCUT2D eigenvalue weighted by molar-refractivity contribution is 0.0690. The molecule has 0 aromatic heterocycles. The molecule has 21 heavy (non-hydrogen) atoms. The van der Waals surface area contributed by atoms with Crippen molar-refractivity contribution in [2.75, 3.05) is 18.0 Å². The number of hydrogen-bond donors (Lipinski definition) is 1. The Morgan fingerprint density at radius 3 is 2.57 bits per heavy atom. The third-order valence-corrected chi connectivity index (χ3v) is 4.35. The topological polar surface area (TPSA) is 40.5 Å². The predicted octanol–water partition coefficient (Wildman–Crippen LogP) is 3.93. The standard InChI is InChI=1S/C16H21F2NO2/c1-10(2)11-4-3-8-19(9-7-11)13-6-5-12(16(20)21)14(17)15(13)18/h5-6,10-11H,3-4,7-9H2,1-2H3,(H,20,21). The molecule has 3 nitrogen and oxygen atoms in total. The first-order valence-corrected chi connectivity index (χ1v) is 7.38. The van der Waals surface area contributed by atoms with E-state index in [0.717, 1.165) is 25.3 Å². The number of rotatable bonds is 3. The van der Waals surface area contributed by atoms with E-state index in [9.17, 15) is 13.6 Å². The van der Waals surface area contributed by atoms with Crippen LogP contribution < -0.4 is 4.90 Å². The van der Waals surface area contributed by atoms with Gasteiger partial charge in [-0.3, -0.25) is 0 Å². The number of benzene rings is 1. The summed E-state index contributed by atoms with van der Waals surface area (Å²) in [5.41, 5.74) is -0.451. The van der Waals surface area contributed by atoms with Crippen LogP contribution in [0.25, 0.3) is 0 Å². The second-order valence-corrected chi connectivity index (χ2v) is 5.99. The van der Waals surface area contributed by atoms with Crippen molar-refractivity contribution in [2.45, 2.75) is 33.1 Å². The van der Waals surface area contributed by atoms with E-state index in [1.807, 2.05) is 4.90 Å². The maximum Gasteiger partial charge on any atom is 0.338 e. The number of carboxylic acids is 1. The van der Waals surface area contributed by atoms with E-state index >= 15 is 0 Å². The van der Waals surface area contributed by atoms with Crippen molar-refractivity contribution >= 4 is 11.7 Å². The van der Waals surface area contributed by atoms with Crippen molar-refractivity contribution in [1.29, 1.82) is 0 Å². The van der Waals surface area contributed by atoms with Crippen LogP contribution in [-0.4, -0.2) is 24.2 Å². The van der Waals surface area contributed by atoms with Crippen LogP contribution in [0.3, 0.4) is 0 Å². The fourth-order valence-corrected chi connectivity index (χ4v) is 2.98. The first-order valence-electron chi connectivity index (χ1n) is 7.38. The molecule has 0 bridgehead atoms. The second-order valence-electron chi connectivity index (χ2n) is 5.99. The van der Waals surface area contributed by atoms with Gasteiger partial charge >= 0.3 is 5.97 Å². The minimum absolute atomic E-state index is 0.168. The van der Waals surface area contributed by atoms with E-state index in [1.165, 1.54) is 6.07 Å². The molecule has 5 heteroatoms. The molecule has 2 rings (SSSR count). The van der Waals surface area contributed by atoms with E-state index in [0.29, 0.717) is 24.9 Å². The highest BCUT2D eigenvalue weighted by Crippen LogP contribution is 2.30. The maximum absolute atomic E-state index is 14.1. The molecule has 1 saturated heterocycles. The summed E-state index contributed by atoms with van der Waals surface area (Å²) in [6, 6.07) is 2.51. The molecule has 1 aromatic carbocycles. The fraction of sp³-hybridized carbons (Fsp3) is 0.562. The van der Waals surface area contributed by atoms with Gasteiger partial charge in [-0.25, -0.2) is 13.6 Å². The lowest BCUT2D eigenvalue weighted by Gasteiger charge is -2.24. The fourth-order valence-electron chi connectivity index (χ4n) is 2.98. The van der Waals surface area contributed by atoms with Crippen LogP contribution in [0.4, 0.5) is 14.5 Å². The Hall–Kier alpha value is -1.65. The van der Waals surface area contributed by atoms with Crippen molar-refractivity contribution in [3.8, 4) is 0 Å². The van der Waals surface area contributed by atoms with Gasteiger partial charge < -0.3 is 10.0 Å². The minimum Gasteiger partial charge on any atom is -0.478 e. The van der Waals surface area contributed by atoms with Crippen LogP contribution in [-0.2, 0) is 0 Å². The molecular formula is C16H21F2NO2. The summed E-state index contributed by atoms with van der Waals surface area (Å²) in [4.78, 5) is 12.6. The van der Waals surface area contributed by atoms with Gasteiger partial charge in [0.25, 0.3) is 0 Å². The van der Waals surface area contributed by atoms with E-state index in [2.05, 4.69) is 13.8 Å². The zero-order valence-electron chi connectivity index (χ0n) is 12.4. The molecular weight excluding hydrogens is 276 g/mol. The van der Waals surface area contributed by atoms with E-state index < -0.39 is 23.2 Å². The number of hydrogen-bond acceptors (Lipinski definition) is 2. The molecule has 0 amide bonds. The Bertz CT molecular complexity index is 531. The molecule has 0 aliphatic carbocycles. The van der Waals surface area contributed by atoms with Gasteiger partial charge in [-0.2, -0.15) is 0 Å². The monoisotopic (exact) mass is 297 g/mol. The number of carboxylic acid groups (broad SMARTS) is 1. The third-order valence-electron chi connectivity index (χ3n) is 4.35. The zero-order chi connectivity index (χ0) is 15.6. The quantitative estimate of drug-likeness (QED) is 0.919. The van der Waals surface area contributed by atoms with Crippen LogP contribution in [0.2, 0.25) is 0 Å². The molecule has 116 valence electrons. The van der Waals surface area contributed by atoms with Crippen molar-refractivity contribution in [1.82, 2.24) is 0 Å². The average Bonchev–Trinajstić information content (AvgIpc) is 2.67. The number of halogens is 2. The summed E-state index contributed by atoms with van der Waals surface area (Å²) >= 11 is 0. The minimum atomic E-state index is -1.45. The number of anilines is 1. The van der Waals surface area contributed by atoms with Crippen molar-refractivity contribution in [2.24, 2.45) is 11.8 Å². The highest BCUT2D eigenvalue weighted by atomic mass is 19.2. The van der Waals surface area contributed by atoms with Gasteiger partial charge in [-0.05, 0) is 43.2 Å². The molecule has 0 spiro atoms.